The molecule has 5 atom stereocenters. The van der Waals surface area contributed by atoms with E-state index in [1.165, 1.54) is 12.8 Å². The van der Waals surface area contributed by atoms with Crippen molar-refractivity contribution in [3.8, 4) is 0 Å². The fourth-order valence-electron chi connectivity index (χ4n) is 5.95. The van der Waals surface area contributed by atoms with Crippen LogP contribution in [0.25, 0.3) is 0 Å². The van der Waals surface area contributed by atoms with Gasteiger partial charge in [-0.2, -0.15) is 0 Å². The molecule has 22 heavy (non-hydrogen) atoms. The van der Waals surface area contributed by atoms with Gasteiger partial charge in [-0.05, 0) is 54.3 Å². The van der Waals surface area contributed by atoms with Gasteiger partial charge in [0, 0.05) is 19.1 Å². The molecule has 3 nitrogen and oxygen atoms in total. The Hall–Kier alpha value is -0.570. The average molecular weight is 307 g/mol. The second-order valence-electron chi connectivity index (χ2n) is 8.88. The highest BCUT2D eigenvalue weighted by molar-refractivity contribution is 5.76. The van der Waals surface area contributed by atoms with E-state index in [0.29, 0.717) is 30.4 Å². The maximum Gasteiger partial charge on any atom is 0.220 e. The summed E-state index contributed by atoms with van der Waals surface area (Å²) in [5.41, 5.74) is 0.503. The Bertz CT molecular complexity index is 445. The Morgan fingerprint density at radius 2 is 2.09 bits per heavy atom. The third-order valence-corrected chi connectivity index (χ3v) is 6.99. The predicted molar refractivity (Wildman–Crippen MR) is 88.5 cm³/mol. The lowest BCUT2D eigenvalue weighted by Gasteiger charge is -2.54. The molecule has 0 aromatic carbocycles. The van der Waals surface area contributed by atoms with E-state index in [1.54, 1.807) is 0 Å². The van der Waals surface area contributed by atoms with Crippen molar-refractivity contribution >= 4 is 5.91 Å². The highest BCUT2D eigenvalue weighted by Gasteiger charge is 2.68. The van der Waals surface area contributed by atoms with Crippen LogP contribution >= 0.6 is 0 Å². The van der Waals surface area contributed by atoms with Crippen LogP contribution in [-0.4, -0.2) is 24.7 Å². The molecule has 0 aromatic heterocycles. The Labute approximate surface area is 135 Å². The summed E-state index contributed by atoms with van der Waals surface area (Å²) in [7, 11) is 0. The van der Waals surface area contributed by atoms with Gasteiger partial charge in [-0.1, -0.05) is 34.6 Å². The third-order valence-electron chi connectivity index (χ3n) is 6.99. The zero-order valence-electron chi connectivity index (χ0n) is 14.9. The van der Waals surface area contributed by atoms with Crippen LogP contribution in [0.3, 0.4) is 0 Å². The van der Waals surface area contributed by atoms with Gasteiger partial charge in [0.05, 0.1) is 6.10 Å². The number of hydrogen-bond acceptors (Lipinski definition) is 2. The van der Waals surface area contributed by atoms with Gasteiger partial charge in [-0.25, -0.2) is 0 Å². The minimum Gasteiger partial charge on any atom is -0.378 e. The van der Waals surface area contributed by atoms with Gasteiger partial charge < -0.3 is 10.1 Å². The maximum absolute atomic E-state index is 12.3. The fraction of sp³-hybridized carbons (Fsp3) is 0.947. The van der Waals surface area contributed by atoms with E-state index >= 15 is 0 Å². The van der Waals surface area contributed by atoms with Gasteiger partial charge >= 0.3 is 0 Å². The third kappa shape index (κ3) is 2.23. The van der Waals surface area contributed by atoms with E-state index in [0.717, 1.165) is 25.4 Å². The molecule has 1 aliphatic heterocycles. The molecule has 3 rings (SSSR count). The van der Waals surface area contributed by atoms with Crippen LogP contribution in [0.5, 0.6) is 0 Å². The molecule has 1 spiro atoms. The Morgan fingerprint density at radius 3 is 2.73 bits per heavy atom. The molecule has 1 heterocycles. The van der Waals surface area contributed by atoms with E-state index in [4.69, 9.17) is 4.74 Å². The second kappa shape index (κ2) is 5.51. The van der Waals surface area contributed by atoms with Crippen molar-refractivity contribution in [2.24, 2.45) is 28.6 Å². The first-order valence-electron chi connectivity index (χ1n) is 9.24. The molecule has 0 aromatic rings. The SMILES string of the molecule is CCCC(=O)N[C@@H]1C(C)(C)[C@@H]2C[C@@H]3[C@@H](C(C)C)OCCC31C2. The molecule has 3 heteroatoms. The summed E-state index contributed by atoms with van der Waals surface area (Å²) in [6.07, 6.45) is 5.65. The number of fused-ring (bicyclic) bond motifs is 1. The molecular weight excluding hydrogens is 274 g/mol. The van der Waals surface area contributed by atoms with Crippen molar-refractivity contribution in [2.75, 3.05) is 6.61 Å². The Morgan fingerprint density at radius 1 is 1.36 bits per heavy atom. The van der Waals surface area contributed by atoms with Crippen LogP contribution in [0.2, 0.25) is 0 Å². The summed E-state index contributed by atoms with van der Waals surface area (Å²) >= 11 is 0. The number of ether oxygens (including phenoxy) is 1. The summed E-state index contributed by atoms with van der Waals surface area (Å²) in [6.45, 7) is 12.3. The normalized spacial score (nSPS) is 42.5. The summed E-state index contributed by atoms with van der Waals surface area (Å²) in [5, 5.41) is 3.46. The van der Waals surface area contributed by atoms with Crippen LogP contribution < -0.4 is 5.32 Å². The monoisotopic (exact) mass is 307 g/mol. The second-order valence-corrected chi connectivity index (χ2v) is 8.88. The van der Waals surface area contributed by atoms with E-state index in [2.05, 4.69) is 39.9 Å². The van der Waals surface area contributed by atoms with Crippen molar-refractivity contribution in [1.29, 1.82) is 0 Å². The highest BCUT2D eigenvalue weighted by atomic mass is 16.5. The van der Waals surface area contributed by atoms with Gasteiger partial charge in [0.2, 0.25) is 5.91 Å². The molecular formula is C19H33NO2. The van der Waals surface area contributed by atoms with Crippen LogP contribution in [0.15, 0.2) is 0 Å². The minimum atomic E-state index is 0.221. The summed E-state index contributed by atoms with van der Waals surface area (Å²) < 4.78 is 6.16. The van der Waals surface area contributed by atoms with E-state index in [-0.39, 0.29) is 16.7 Å². The van der Waals surface area contributed by atoms with Crippen molar-refractivity contribution in [1.82, 2.24) is 5.32 Å². The number of amides is 1. The van der Waals surface area contributed by atoms with E-state index < -0.39 is 0 Å². The predicted octanol–water partition coefficient (Wildman–Crippen LogP) is 3.77. The van der Waals surface area contributed by atoms with E-state index in [9.17, 15) is 4.79 Å². The van der Waals surface area contributed by atoms with Crippen molar-refractivity contribution < 1.29 is 9.53 Å². The van der Waals surface area contributed by atoms with Crippen LogP contribution in [0, 0.1) is 28.6 Å². The quantitative estimate of drug-likeness (QED) is 0.858. The smallest absolute Gasteiger partial charge is 0.220 e. The van der Waals surface area contributed by atoms with Gasteiger partial charge in [0.25, 0.3) is 0 Å². The first kappa shape index (κ1) is 16.3. The zero-order chi connectivity index (χ0) is 16.1. The van der Waals surface area contributed by atoms with Crippen molar-refractivity contribution in [3.63, 3.8) is 0 Å². The molecule has 126 valence electrons. The lowest BCUT2D eigenvalue weighted by molar-refractivity contribution is -0.144. The van der Waals surface area contributed by atoms with Gasteiger partial charge in [-0.3, -0.25) is 4.79 Å². The first-order chi connectivity index (χ1) is 10.3. The lowest BCUT2D eigenvalue weighted by atomic mass is 9.58. The summed E-state index contributed by atoms with van der Waals surface area (Å²) in [6, 6.07) is 0.327. The molecule has 3 aliphatic rings. The van der Waals surface area contributed by atoms with Crippen molar-refractivity contribution in [3.05, 3.63) is 0 Å². The standard InChI is InChI=1S/C19H33NO2/c1-6-7-15(21)20-17-18(4,5)13-10-14-16(12(2)3)22-9-8-19(14,17)11-13/h12-14,16-17H,6-11H2,1-5H3,(H,20,21)/t13-,14-,16-,17-,19?/m1/s1. The number of hydrogen-bond donors (Lipinski definition) is 1. The number of carbonyl (C=O) groups is 1. The zero-order valence-corrected chi connectivity index (χ0v) is 14.9. The average Bonchev–Trinajstić information content (AvgIpc) is 2.92. The topological polar surface area (TPSA) is 38.3 Å². The van der Waals surface area contributed by atoms with Gasteiger partial charge in [-0.15, -0.1) is 0 Å². The maximum atomic E-state index is 12.3. The van der Waals surface area contributed by atoms with Crippen LogP contribution in [0.4, 0.5) is 0 Å². The molecule has 1 unspecified atom stereocenters. The van der Waals surface area contributed by atoms with Crippen LogP contribution in [-0.2, 0) is 9.53 Å². The molecule has 2 bridgehead atoms. The fourth-order valence-corrected chi connectivity index (χ4v) is 5.95. The molecule has 1 amide bonds. The molecule has 3 fully saturated rings. The first-order valence-corrected chi connectivity index (χ1v) is 9.24. The number of rotatable bonds is 4. The van der Waals surface area contributed by atoms with E-state index in [1.807, 2.05) is 0 Å². The van der Waals surface area contributed by atoms with Crippen LogP contribution in [0.1, 0.15) is 66.7 Å². The molecule has 1 saturated heterocycles. The largest absolute Gasteiger partial charge is 0.378 e. The molecule has 2 aliphatic carbocycles. The Kier molecular flexibility index (Phi) is 4.08. The highest BCUT2D eigenvalue weighted by Crippen LogP contribution is 2.69. The minimum absolute atomic E-state index is 0.221. The van der Waals surface area contributed by atoms with Gasteiger partial charge in [0.15, 0.2) is 0 Å². The molecule has 0 radical (unpaired) electrons. The number of nitrogens with one attached hydrogen (secondary N) is 1. The number of carbonyl (C=O) groups excluding carboxylic acids is 1. The molecule has 1 N–H and O–H groups in total. The van der Waals surface area contributed by atoms with Crippen molar-refractivity contribution in [2.45, 2.75) is 78.9 Å². The lowest BCUT2D eigenvalue weighted by Crippen LogP contribution is -2.60. The van der Waals surface area contributed by atoms with Gasteiger partial charge in [0.1, 0.15) is 0 Å². The molecule has 2 saturated carbocycles. The summed E-state index contributed by atoms with van der Waals surface area (Å²) in [4.78, 5) is 12.3. The summed E-state index contributed by atoms with van der Waals surface area (Å²) in [5.74, 6) is 2.17. The Balaban J connectivity index is 1.89.